The van der Waals surface area contributed by atoms with Gasteiger partial charge in [-0.1, -0.05) is 53.0 Å². The molecule has 1 heterocycles. The third-order valence-corrected chi connectivity index (χ3v) is 6.29. The number of carbonyl (C=O) groups is 2. The molecule has 0 aromatic heterocycles. The summed E-state index contributed by atoms with van der Waals surface area (Å²) in [5, 5.41) is 11.1. The number of hydrogen-bond acceptors (Lipinski definition) is 5. The Hall–Kier alpha value is -3.59. The molecule has 3 aromatic rings. The van der Waals surface area contributed by atoms with Gasteiger partial charge in [0.05, 0.1) is 15.7 Å². The molecule has 0 saturated heterocycles. The van der Waals surface area contributed by atoms with E-state index in [1.165, 1.54) is 12.1 Å². The number of benzene rings is 3. The predicted molar refractivity (Wildman–Crippen MR) is 152 cm³/mol. The monoisotopic (exact) mass is 556 g/mol. The van der Waals surface area contributed by atoms with E-state index in [0.29, 0.717) is 16.4 Å². The molecular weight excluding hydrogens is 535 g/mol. The molecular formula is C26H23Cl3N6O2. The molecule has 8 nitrogen and oxygen atoms in total. The first-order chi connectivity index (χ1) is 17.8. The van der Waals surface area contributed by atoms with Crippen molar-refractivity contribution >= 4 is 81.0 Å². The van der Waals surface area contributed by atoms with Crippen molar-refractivity contribution in [1.29, 1.82) is 0 Å². The quantitative estimate of drug-likeness (QED) is 0.351. The fourth-order valence-corrected chi connectivity index (χ4v) is 4.69. The number of nitrogens with zero attached hydrogens (tertiary/aromatic N) is 4. The van der Waals surface area contributed by atoms with E-state index in [9.17, 15) is 9.59 Å². The van der Waals surface area contributed by atoms with Crippen molar-refractivity contribution in [3.63, 3.8) is 0 Å². The van der Waals surface area contributed by atoms with Crippen LogP contribution in [-0.2, 0) is 4.79 Å². The number of carbonyl (C=O) groups excluding carboxylic acids is 2. The maximum atomic E-state index is 13.5. The number of rotatable bonds is 6. The second kappa shape index (κ2) is 11.6. The fourth-order valence-electron chi connectivity index (χ4n) is 3.72. The number of anilines is 3. The normalized spacial score (nSPS) is 14.1. The van der Waals surface area contributed by atoms with Crippen LogP contribution in [0, 0.1) is 0 Å². The van der Waals surface area contributed by atoms with Crippen molar-refractivity contribution in [2.24, 2.45) is 10.1 Å². The molecule has 0 radical (unpaired) electrons. The summed E-state index contributed by atoms with van der Waals surface area (Å²) < 4.78 is 0. The summed E-state index contributed by atoms with van der Waals surface area (Å²) in [4.78, 5) is 32.9. The Kier molecular flexibility index (Phi) is 8.33. The van der Waals surface area contributed by atoms with Crippen LogP contribution in [0.3, 0.4) is 0 Å². The molecule has 0 aliphatic carbocycles. The smallest absolute Gasteiger partial charge is 0.324 e. The zero-order valence-electron chi connectivity index (χ0n) is 20.0. The van der Waals surface area contributed by atoms with Gasteiger partial charge in [0.1, 0.15) is 5.69 Å². The summed E-state index contributed by atoms with van der Waals surface area (Å²) >= 11 is 18.7. The number of hydrogen-bond donors (Lipinski definition) is 2. The molecule has 0 spiro atoms. The maximum Gasteiger partial charge on any atom is 0.324 e. The minimum absolute atomic E-state index is 0.0617. The highest BCUT2D eigenvalue weighted by Crippen LogP contribution is 2.38. The lowest BCUT2D eigenvalue weighted by Gasteiger charge is -2.20. The third kappa shape index (κ3) is 6.05. The molecule has 3 amide bonds. The number of urea groups is 1. The molecule has 0 saturated carbocycles. The van der Waals surface area contributed by atoms with Crippen molar-refractivity contribution in [3.05, 3.63) is 81.8 Å². The van der Waals surface area contributed by atoms with Gasteiger partial charge >= 0.3 is 11.9 Å². The SMILES string of the molecule is CCN(CC)c1ccc(N=C2C(=O)N(c3c(Cl)cc(Cl)cc3Cl)N=C2NC(=O)Nc2ccccc2)cc1. The number of amides is 3. The Balaban J connectivity index is 1.69. The number of halogens is 3. The van der Waals surface area contributed by atoms with Gasteiger partial charge < -0.3 is 10.2 Å². The number of amidine groups is 1. The van der Waals surface area contributed by atoms with E-state index >= 15 is 0 Å². The molecule has 2 N–H and O–H groups in total. The Morgan fingerprint density at radius 1 is 0.946 bits per heavy atom. The van der Waals surface area contributed by atoms with Gasteiger partial charge in [0.2, 0.25) is 0 Å². The van der Waals surface area contributed by atoms with Gasteiger partial charge in [0.25, 0.3) is 0 Å². The number of aliphatic imine (C=N–C) groups is 1. The summed E-state index contributed by atoms with van der Waals surface area (Å²) in [5.41, 5.74) is 2.15. The Labute approximate surface area is 229 Å². The second-order valence-corrected chi connectivity index (χ2v) is 9.13. The van der Waals surface area contributed by atoms with Crippen LogP contribution in [-0.4, -0.2) is 36.6 Å². The van der Waals surface area contributed by atoms with Crippen LogP contribution >= 0.6 is 34.8 Å². The Bertz CT molecular complexity index is 1350. The Morgan fingerprint density at radius 2 is 1.57 bits per heavy atom. The number of hydrazone groups is 1. The highest BCUT2D eigenvalue weighted by molar-refractivity contribution is 6.72. The average Bonchev–Trinajstić information content (AvgIpc) is 3.15. The maximum absolute atomic E-state index is 13.5. The van der Waals surface area contributed by atoms with Crippen LogP contribution in [0.15, 0.2) is 76.8 Å². The van der Waals surface area contributed by atoms with E-state index in [1.807, 2.05) is 18.2 Å². The van der Waals surface area contributed by atoms with Crippen molar-refractivity contribution in [2.75, 3.05) is 28.3 Å². The van der Waals surface area contributed by atoms with Crippen molar-refractivity contribution in [2.45, 2.75) is 13.8 Å². The number of para-hydroxylation sites is 1. The van der Waals surface area contributed by atoms with Crippen LogP contribution in [0.5, 0.6) is 0 Å². The van der Waals surface area contributed by atoms with Crippen molar-refractivity contribution in [3.8, 4) is 0 Å². The van der Waals surface area contributed by atoms with E-state index in [2.05, 4.69) is 39.5 Å². The minimum Gasteiger partial charge on any atom is -0.372 e. The lowest BCUT2D eigenvalue weighted by atomic mass is 10.2. The lowest BCUT2D eigenvalue weighted by molar-refractivity contribution is -0.112. The van der Waals surface area contributed by atoms with Gasteiger partial charge in [-0.05, 0) is 62.4 Å². The van der Waals surface area contributed by atoms with Gasteiger partial charge in [-0.25, -0.2) is 9.79 Å². The first-order valence-electron chi connectivity index (χ1n) is 11.5. The molecule has 1 aliphatic heterocycles. The van der Waals surface area contributed by atoms with E-state index in [0.717, 1.165) is 23.8 Å². The minimum atomic E-state index is -0.617. The van der Waals surface area contributed by atoms with E-state index < -0.39 is 11.9 Å². The molecule has 11 heteroatoms. The largest absolute Gasteiger partial charge is 0.372 e. The molecule has 3 aromatic carbocycles. The summed E-state index contributed by atoms with van der Waals surface area (Å²) in [7, 11) is 0. The van der Waals surface area contributed by atoms with Gasteiger partial charge in [0, 0.05) is 29.5 Å². The van der Waals surface area contributed by atoms with Crippen LogP contribution in [0.2, 0.25) is 15.1 Å². The molecule has 0 bridgehead atoms. The zero-order chi connectivity index (χ0) is 26.5. The predicted octanol–water partition coefficient (Wildman–Crippen LogP) is 6.75. The van der Waals surface area contributed by atoms with Gasteiger partial charge in [-0.15, -0.1) is 5.10 Å². The van der Waals surface area contributed by atoms with Crippen LogP contribution in [0.4, 0.5) is 27.5 Å². The highest BCUT2D eigenvalue weighted by atomic mass is 35.5. The van der Waals surface area contributed by atoms with Gasteiger partial charge in [-0.2, -0.15) is 5.01 Å². The Morgan fingerprint density at radius 3 is 2.16 bits per heavy atom. The zero-order valence-corrected chi connectivity index (χ0v) is 22.3. The van der Waals surface area contributed by atoms with E-state index in [1.54, 1.807) is 36.4 Å². The van der Waals surface area contributed by atoms with Crippen molar-refractivity contribution < 1.29 is 9.59 Å². The topological polar surface area (TPSA) is 89.4 Å². The molecule has 0 unspecified atom stereocenters. The summed E-state index contributed by atoms with van der Waals surface area (Å²) in [5.74, 6) is -0.678. The summed E-state index contributed by atoms with van der Waals surface area (Å²) in [6, 6.07) is 18.6. The van der Waals surface area contributed by atoms with Crippen LogP contribution in [0.25, 0.3) is 0 Å². The molecule has 0 fully saturated rings. The molecule has 1 aliphatic rings. The first-order valence-corrected chi connectivity index (χ1v) is 12.6. The second-order valence-electron chi connectivity index (χ2n) is 7.88. The first kappa shape index (κ1) is 26.5. The summed E-state index contributed by atoms with van der Waals surface area (Å²) in [6.45, 7) is 5.87. The third-order valence-electron chi connectivity index (χ3n) is 5.50. The van der Waals surface area contributed by atoms with E-state index in [-0.39, 0.29) is 27.3 Å². The molecule has 37 heavy (non-hydrogen) atoms. The van der Waals surface area contributed by atoms with Gasteiger partial charge in [-0.3, -0.25) is 10.1 Å². The lowest BCUT2D eigenvalue weighted by Crippen LogP contribution is -2.39. The standard InChI is InChI=1S/C26H23Cl3N6O2/c1-3-34(4-2)19-12-10-18(11-13-19)30-22-24(32-26(37)31-17-8-6-5-7-9-17)33-35(25(22)36)23-20(28)14-16(27)15-21(23)29/h5-15H,3-4H2,1-2H3,(H2,31,32,33,37). The van der Waals surface area contributed by atoms with Crippen LogP contribution in [0.1, 0.15) is 13.8 Å². The van der Waals surface area contributed by atoms with Crippen molar-refractivity contribution in [1.82, 2.24) is 5.32 Å². The fraction of sp³-hybridized carbons (Fsp3) is 0.154. The average molecular weight is 558 g/mol. The molecule has 4 rings (SSSR count). The number of nitrogens with one attached hydrogen (secondary N) is 2. The molecule has 190 valence electrons. The summed E-state index contributed by atoms with van der Waals surface area (Å²) in [6.07, 6.45) is 0. The van der Waals surface area contributed by atoms with E-state index in [4.69, 9.17) is 34.8 Å². The molecule has 0 atom stereocenters. The highest BCUT2D eigenvalue weighted by Gasteiger charge is 2.36. The van der Waals surface area contributed by atoms with Crippen LogP contribution < -0.4 is 20.5 Å². The van der Waals surface area contributed by atoms with Gasteiger partial charge in [0.15, 0.2) is 11.5 Å².